The monoisotopic (exact) mass is 379 g/mol. The molecule has 0 aromatic heterocycles. The van der Waals surface area contributed by atoms with Gasteiger partial charge in [-0.15, -0.1) is 11.8 Å². The number of hydrogen-bond donors (Lipinski definition) is 3. The Morgan fingerprint density at radius 2 is 1.92 bits per heavy atom. The molecular weight excluding hydrogens is 358 g/mol. The first kappa shape index (κ1) is 19.8. The second kappa shape index (κ2) is 9.23. The lowest BCUT2D eigenvalue weighted by Gasteiger charge is -2.23. The van der Waals surface area contributed by atoms with Crippen LogP contribution in [0.15, 0.2) is 24.3 Å². The fourth-order valence-corrected chi connectivity index (χ4v) is 3.63. The Kier molecular flexibility index (Phi) is 7.02. The average molecular weight is 379 g/mol. The van der Waals surface area contributed by atoms with E-state index in [1.807, 2.05) is 6.92 Å². The summed E-state index contributed by atoms with van der Waals surface area (Å²) >= 11 is 1.54. The van der Waals surface area contributed by atoms with Crippen molar-refractivity contribution < 1.29 is 24.3 Å². The maximum absolute atomic E-state index is 12.5. The Balaban J connectivity index is 1.95. The lowest BCUT2D eigenvalue weighted by atomic mass is 10.1. The van der Waals surface area contributed by atoms with Crippen molar-refractivity contribution in [3.05, 3.63) is 29.8 Å². The molecule has 0 bridgehead atoms. The minimum atomic E-state index is -1.13. The van der Waals surface area contributed by atoms with Crippen molar-refractivity contribution in [1.82, 2.24) is 10.2 Å². The van der Waals surface area contributed by atoms with Crippen LogP contribution < -0.4 is 10.6 Å². The molecule has 2 rings (SSSR count). The van der Waals surface area contributed by atoms with Gasteiger partial charge in [0.15, 0.2) is 0 Å². The van der Waals surface area contributed by atoms with Gasteiger partial charge in [-0.1, -0.05) is 6.92 Å². The van der Waals surface area contributed by atoms with Crippen LogP contribution in [0.1, 0.15) is 30.1 Å². The van der Waals surface area contributed by atoms with E-state index in [9.17, 15) is 19.2 Å². The molecule has 0 saturated carbocycles. The highest BCUT2D eigenvalue weighted by Crippen LogP contribution is 2.23. The van der Waals surface area contributed by atoms with Crippen LogP contribution in [0, 0.1) is 0 Å². The van der Waals surface area contributed by atoms with Gasteiger partial charge in [-0.2, -0.15) is 0 Å². The molecule has 0 radical (unpaired) electrons. The summed E-state index contributed by atoms with van der Waals surface area (Å²) in [7, 11) is 0. The summed E-state index contributed by atoms with van der Waals surface area (Å²) < 4.78 is 0. The normalized spacial score (nSPS) is 16.2. The SMILES string of the molecule is CCCC(=O)N1CSCC1C(=O)Nc1ccc(C(=O)NCC(=O)O)cc1. The Hall–Kier alpha value is -2.55. The number of carboxylic acid groups (broad SMARTS) is 1. The number of thioether (sulfide) groups is 1. The Morgan fingerprint density at radius 3 is 2.54 bits per heavy atom. The van der Waals surface area contributed by atoms with E-state index in [-0.39, 0.29) is 11.8 Å². The number of carbonyl (C=O) groups is 4. The quantitative estimate of drug-likeness (QED) is 0.654. The summed E-state index contributed by atoms with van der Waals surface area (Å²) in [5.74, 6) is -0.852. The lowest BCUT2D eigenvalue weighted by molar-refractivity contribution is -0.136. The van der Waals surface area contributed by atoms with Crippen LogP contribution in [-0.2, 0) is 14.4 Å². The molecule has 1 aliphatic heterocycles. The van der Waals surface area contributed by atoms with Gasteiger partial charge in [-0.25, -0.2) is 0 Å². The molecular formula is C17H21N3O5S. The summed E-state index contributed by atoms with van der Waals surface area (Å²) in [5.41, 5.74) is 0.796. The number of rotatable bonds is 7. The van der Waals surface area contributed by atoms with Crippen LogP contribution in [-0.4, -0.2) is 57.9 Å². The zero-order valence-corrected chi connectivity index (χ0v) is 15.2. The topological polar surface area (TPSA) is 116 Å². The molecule has 1 aromatic rings. The number of hydrogen-bond acceptors (Lipinski definition) is 5. The van der Waals surface area contributed by atoms with E-state index < -0.39 is 24.5 Å². The zero-order valence-electron chi connectivity index (χ0n) is 14.4. The predicted molar refractivity (Wildman–Crippen MR) is 97.9 cm³/mol. The van der Waals surface area contributed by atoms with Crippen LogP contribution in [0.25, 0.3) is 0 Å². The van der Waals surface area contributed by atoms with E-state index >= 15 is 0 Å². The smallest absolute Gasteiger partial charge is 0.322 e. The molecule has 9 heteroatoms. The highest BCUT2D eigenvalue weighted by Gasteiger charge is 2.34. The highest BCUT2D eigenvalue weighted by molar-refractivity contribution is 7.99. The summed E-state index contributed by atoms with van der Waals surface area (Å²) in [6, 6.07) is 5.62. The molecule has 1 unspecified atom stereocenters. The van der Waals surface area contributed by atoms with E-state index in [4.69, 9.17) is 5.11 Å². The van der Waals surface area contributed by atoms with Crippen molar-refractivity contribution in [3.63, 3.8) is 0 Å². The van der Waals surface area contributed by atoms with Crippen molar-refractivity contribution >= 4 is 41.1 Å². The fourth-order valence-electron chi connectivity index (χ4n) is 2.45. The van der Waals surface area contributed by atoms with Gasteiger partial charge in [0.1, 0.15) is 12.6 Å². The molecule has 3 amide bonds. The molecule has 1 aliphatic rings. The molecule has 1 aromatic carbocycles. The summed E-state index contributed by atoms with van der Waals surface area (Å²) in [6.45, 7) is 1.46. The number of carbonyl (C=O) groups excluding carboxylic acids is 3. The van der Waals surface area contributed by atoms with Gasteiger partial charge in [0.2, 0.25) is 11.8 Å². The van der Waals surface area contributed by atoms with Gasteiger partial charge in [-0.05, 0) is 30.7 Å². The molecule has 26 heavy (non-hydrogen) atoms. The Labute approximate surface area is 155 Å². The van der Waals surface area contributed by atoms with Gasteiger partial charge in [0, 0.05) is 23.4 Å². The number of nitrogens with zero attached hydrogens (tertiary/aromatic N) is 1. The number of benzene rings is 1. The predicted octanol–water partition coefficient (Wildman–Crippen LogP) is 1.14. The third-order valence-corrected chi connectivity index (χ3v) is 4.80. The average Bonchev–Trinajstić information content (AvgIpc) is 3.10. The van der Waals surface area contributed by atoms with Gasteiger partial charge in [0.25, 0.3) is 5.91 Å². The van der Waals surface area contributed by atoms with Crippen LogP contribution in [0.4, 0.5) is 5.69 Å². The molecule has 0 aliphatic carbocycles. The van der Waals surface area contributed by atoms with Crippen molar-refractivity contribution in [3.8, 4) is 0 Å². The summed E-state index contributed by atoms with van der Waals surface area (Å²) in [6.07, 6.45) is 1.16. The summed E-state index contributed by atoms with van der Waals surface area (Å²) in [4.78, 5) is 48.4. The van der Waals surface area contributed by atoms with Gasteiger partial charge < -0.3 is 20.6 Å². The lowest BCUT2D eigenvalue weighted by Crippen LogP contribution is -2.44. The number of anilines is 1. The first-order valence-electron chi connectivity index (χ1n) is 8.20. The van der Waals surface area contributed by atoms with E-state index in [1.165, 1.54) is 12.1 Å². The van der Waals surface area contributed by atoms with Crippen molar-refractivity contribution in [2.75, 3.05) is 23.5 Å². The van der Waals surface area contributed by atoms with Crippen LogP contribution >= 0.6 is 11.8 Å². The van der Waals surface area contributed by atoms with Crippen molar-refractivity contribution in [1.29, 1.82) is 0 Å². The number of nitrogens with one attached hydrogen (secondary N) is 2. The fraction of sp³-hybridized carbons (Fsp3) is 0.412. The van der Waals surface area contributed by atoms with Crippen molar-refractivity contribution in [2.24, 2.45) is 0 Å². The Morgan fingerprint density at radius 1 is 1.23 bits per heavy atom. The maximum atomic E-state index is 12.5. The molecule has 1 atom stereocenters. The highest BCUT2D eigenvalue weighted by atomic mass is 32.2. The zero-order chi connectivity index (χ0) is 19.1. The van der Waals surface area contributed by atoms with Gasteiger partial charge in [-0.3, -0.25) is 19.2 Å². The Bertz CT molecular complexity index is 692. The number of carboxylic acids is 1. The maximum Gasteiger partial charge on any atom is 0.322 e. The molecule has 0 spiro atoms. The molecule has 1 fully saturated rings. The first-order chi connectivity index (χ1) is 12.4. The second-order valence-electron chi connectivity index (χ2n) is 5.77. The standard InChI is InChI=1S/C17H21N3O5S/c1-2-3-14(21)20-10-26-9-13(20)17(25)19-12-6-4-11(5-7-12)16(24)18-8-15(22)23/h4-7,13H,2-3,8-10H2,1H3,(H,18,24)(H,19,25)(H,22,23). The largest absolute Gasteiger partial charge is 0.480 e. The van der Waals surface area contributed by atoms with Crippen LogP contribution in [0.3, 0.4) is 0 Å². The third-order valence-electron chi connectivity index (χ3n) is 3.78. The number of amides is 3. The third kappa shape index (κ3) is 5.22. The van der Waals surface area contributed by atoms with E-state index in [2.05, 4.69) is 10.6 Å². The van der Waals surface area contributed by atoms with Gasteiger partial charge in [0.05, 0.1) is 5.88 Å². The molecule has 3 N–H and O–H groups in total. The first-order valence-corrected chi connectivity index (χ1v) is 9.36. The molecule has 140 valence electrons. The van der Waals surface area contributed by atoms with Crippen LogP contribution in [0.5, 0.6) is 0 Å². The van der Waals surface area contributed by atoms with E-state index in [0.717, 1.165) is 6.42 Å². The van der Waals surface area contributed by atoms with E-state index in [0.29, 0.717) is 29.3 Å². The minimum absolute atomic E-state index is 0.0249. The van der Waals surface area contributed by atoms with E-state index in [1.54, 1.807) is 28.8 Å². The minimum Gasteiger partial charge on any atom is -0.480 e. The molecule has 1 heterocycles. The second-order valence-corrected chi connectivity index (χ2v) is 6.77. The molecule has 8 nitrogen and oxygen atoms in total. The summed E-state index contributed by atoms with van der Waals surface area (Å²) in [5, 5.41) is 13.6. The molecule has 1 saturated heterocycles. The number of aliphatic carboxylic acids is 1. The van der Waals surface area contributed by atoms with Gasteiger partial charge >= 0.3 is 5.97 Å². The van der Waals surface area contributed by atoms with Crippen LogP contribution in [0.2, 0.25) is 0 Å². The van der Waals surface area contributed by atoms with Crippen molar-refractivity contribution in [2.45, 2.75) is 25.8 Å².